The Kier molecular flexibility index (Phi) is 5.04. The van der Waals surface area contributed by atoms with E-state index in [0.717, 1.165) is 5.56 Å². The minimum atomic E-state index is -0.249. The van der Waals surface area contributed by atoms with Crippen molar-refractivity contribution in [2.45, 2.75) is 6.54 Å². The van der Waals surface area contributed by atoms with Crippen LogP contribution >= 0.6 is 0 Å². The van der Waals surface area contributed by atoms with Gasteiger partial charge in [0.1, 0.15) is 0 Å². The van der Waals surface area contributed by atoms with Gasteiger partial charge in [0.15, 0.2) is 0 Å². The molecule has 0 aliphatic rings. The highest BCUT2D eigenvalue weighted by Crippen LogP contribution is 2.01. The fourth-order valence-corrected chi connectivity index (χ4v) is 1.83. The smallest absolute Gasteiger partial charge is 0.251 e. The number of hydrogen-bond donors (Lipinski definition) is 1. The lowest BCUT2D eigenvalue weighted by Gasteiger charge is -2.17. The zero-order chi connectivity index (χ0) is 15.1. The molecule has 0 aliphatic heterocycles. The maximum Gasteiger partial charge on any atom is 0.251 e. The maximum atomic E-state index is 12.0. The lowest BCUT2D eigenvalue weighted by molar-refractivity contribution is -0.129. The highest BCUT2D eigenvalue weighted by atomic mass is 16.2. The van der Waals surface area contributed by atoms with E-state index in [0.29, 0.717) is 12.1 Å². The fraction of sp³-hybridized carbons (Fsp3) is 0.188. The van der Waals surface area contributed by atoms with Crippen molar-refractivity contribution in [2.24, 2.45) is 0 Å². The molecule has 0 spiro atoms. The molecule has 2 aromatic rings. The van der Waals surface area contributed by atoms with Crippen molar-refractivity contribution < 1.29 is 9.59 Å². The average molecular weight is 283 g/mol. The molecule has 1 N–H and O–H groups in total. The van der Waals surface area contributed by atoms with Gasteiger partial charge < -0.3 is 10.2 Å². The molecule has 0 bridgehead atoms. The third-order valence-corrected chi connectivity index (χ3v) is 3.03. The molecular formula is C16H17N3O2. The van der Waals surface area contributed by atoms with Crippen molar-refractivity contribution in [1.29, 1.82) is 0 Å². The van der Waals surface area contributed by atoms with Gasteiger partial charge in [-0.2, -0.15) is 0 Å². The predicted molar refractivity (Wildman–Crippen MR) is 79.5 cm³/mol. The zero-order valence-electron chi connectivity index (χ0n) is 11.8. The summed E-state index contributed by atoms with van der Waals surface area (Å²) in [5.41, 5.74) is 1.54. The maximum absolute atomic E-state index is 12.0. The second-order valence-corrected chi connectivity index (χ2v) is 4.65. The van der Waals surface area contributed by atoms with Crippen molar-refractivity contribution in [2.75, 3.05) is 13.6 Å². The third kappa shape index (κ3) is 4.42. The molecule has 1 aromatic heterocycles. The van der Waals surface area contributed by atoms with E-state index < -0.39 is 0 Å². The van der Waals surface area contributed by atoms with E-state index in [4.69, 9.17) is 0 Å². The van der Waals surface area contributed by atoms with E-state index in [2.05, 4.69) is 10.3 Å². The van der Waals surface area contributed by atoms with Crippen LogP contribution in [0.3, 0.4) is 0 Å². The van der Waals surface area contributed by atoms with Crippen LogP contribution in [0.25, 0.3) is 0 Å². The molecule has 21 heavy (non-hydrogen) atoms. The second-order valence-electron chi connectivity index (χ2n) is 4.65. The van der Waals surface area contributed by atoms with E-state index in [1.165, 1.54) is 0 Å². The summed E-state index contributed by atoms with van der Waals surface area (Å²) >= 11 is 0. The molecule has 0 saturated heterocycles. The Labute approximate surface area is 123 Å². The molecule has 0 unspecified atom stereocenters. The van der Waals surface area contributed by atoms with Crippen LogP contribution in [0.2, 0.25) is 0 Å². The van der Waals surface area contributed by atoms with E-state index in [9.17, 15) is 9.59 Å². The normalized spacial score (nSPS) is 9.95. The van der Waals surface area contributed by atoms with Gasteiger partial charge in [0, 0.05) is 31.5 Å². The van der Waals surface area contributed by atoms with Crippen LogP contribution in [-0.4, -0.2) is 35.3 Å². The summed E-state index contributed by atoms with van der Waals surface area (Å²) in [4.78, 5) is 29.3. The van der Waals surface area contributed by atoms with Crippen LogP contribution in [0.1, 0.15) is 15.9 Å². The Morgan fingerprint density at radius 2 is 1.76 bits per heavy atom. The van der Waals surface area contributed by atoms with Gasteiger partial charge >= 0.3 is 0 Å². The molecule has 108 valence electrons. The molecular weight excluding hydrogens is 266 g/mol. The van der Waals surface area contributed by atoms with Crippen LogP contribution in [0.5, 0.6) is 0 Å². The number of nitrogens with one attached hydrogen (secondary N) is 1. The first kappa shape index (κ1) is 14.7. The fourth-order valence-electron chi connectivity index (χ4n) is 1.83. The van der Waals surface area contributed by atoms with Crippen LogP contribution < -0.4 is 5.32 Å². The SMILES string of the molecule is CN(Cc1ccncc1)C(=O)CNC(=O)c1ccccc1. The molecule has 1 aromatic carbocycles. The van der Waals surface area contributed by atoms with Crippen LogP contribution in [0, 0.1) is 0 Å². The second kappa shape index (κ2) is 7.19. The van der Waals surface area contributed by atoms with Gasteiger partial charge in [-0.3, -0.25) is 14.6 Å². The van der Waals surface area contributed by atoms with Crippen molar-refractivity contribution in [1.82, 2.24) is 15.2 Å². The number of likely N-dealkylation sites (N-methyl/N-ethyl adjacent to an activating group) is 1. The van der Waals surface area contributed by atoms with E-state index >= 15 is 0 Å². The first-order valence-corrected chi connectivity index (χ1v) is 6.63. The number of amides is 2. The minimum absolute atomic E-state index is 0.0185. The molecule has 2 rings (SSSR count). The number of aromatic nitrogens is 1. The number of carbonyl (C=O) groups excluding carboxylic acids is 2. The van der Waals surface area contributed by atoms with Crippen LogP contribution in [0.15, 0.2) is 54.9 Å². The van der Waals surface area contributed by atoms with Gasteiger partial charge in [0.25, 0.3) is 5.91 Å². The minimum Gasteiger partial charge on any atom is -0.343 e. The van der Waals surface area contributed by atoms with Gasteiger partial charge in [-0.1, -0.05) is 18.2 Å². The molecule has 0 saturated carbocycles. The topological polar surface area (TPSA) is 62.3 Å². The van der Waals surface area contributed by atoms with E-state index in [1.807, 2.05) is 18.2 Å². The van der Waals surface area contributed by atoms with Crippen molar-refractivity contribution in [3.63, 3.8) is 0 Å². The Morgan fingerprint density at radius 1 is 1.10 bits per heavy atom. The molecule has 0 aliphatic carbocycles. The lowest BCUT2D eigenvalue weighted by atomic mass is 10.2. The Bertz CT molecular complexity index is 599. The van der Waals surface area contributed by atoms with E-state index in [1.54, 1.807) is 48.6 Å². The highest BCUT2D eigenvalue weighted by Gasteiger charge is 2.11. The molecule has 0 fully saturated rings. The quantitative estimate of drug-likeness (QED) is 0.904. The summed E-state index contributed by atoms with van der Waals surface area (Å²) < 4.78 is 0. The number of hydrogen-bond acceptors (Lipinski definition) is 3. The van der Waals surface area contributed by atoms with Crippen LogP contribution in [-0.2, 0) is 11.3 Å². The summed E-state index contributed by atoms with van der Waals surface area (Å²) in [5.74, 6) is -0.391. The summed E-state index contributed by atoms with van der Waals surface area (Å²) in [6, 6.07) is 12.5. The standard InChI is InChI=1S/C16H17N3O2/c1-19(12-13-7-9-17-10-8-13)15(20)11-18-16(21)14-5-3-2-4-6-14/h2-10H,11-12H2,1H3,(H,18,21). The number of rotatable bonds is 5. The molecule has 0 atom stereocenters. The first-order chi connectivity index (χ1) is 10.2. The number of nitrogens with zero attached hydrogens (tertiary/aromatic N) is 2. The largest absolute Gasteiger partial charge is 0.343 e. The molecule has 5 nitrogen and oxygen atoms in total. The van der Waals surface area contributed by atoms with Gasteiger partial charge in [0.2, 0.25) is 5.91 Å². The monoisotopic (exact) mass is 283 g/mol. The summed E-state index contributed by atoms with van der Waals surface area (Å²) in [6.45, 7) is 0.470. The van der Waals surface area contributed by atoms with Gasteiger partial charge in [-0.25, -0.2) is 0 Å². The molecule has 5 heteroatoms. The summed E-state index contributed by atoms with van der Waals surface area (Å²) in [7, 11) is 1.71. The van der Waals surface area contributed by atoms with E-state index in [-0.39, 0.29) is 18.4 Å². The Morgan fingerprint density at radius 3 is 2.43 bits per heavy atom. The van der Waals surface area contributed by atoms with Gasteiger partial charge in [-0.15, -0.1) is 0 Å². The Hall–Kier alpha value is -2.69. The number of benzene rings is 1. The zero-order valence-corrected chi connectivity index (χ0v) is 11.8. The van der Waals surface area contributed by atoms with Gasteiger partial charge in [-0.05, 0) is 29.8 Å². The van der Waals surface area contributed by atoms with Crippen molar-refractivity contribution in [3.05, 3.63) is 66.0 Å². The number of pyridine rings is 1. The summed E-state index contributed by atoms with van der Waals surface area (Å²) in [5, 5.41) is 2.62. The van der Waals surface area contributed by atoms with Crippen molar-refractivity contribution >= 4 is 11.8 Å². The molecule has 0 radical (unpaired) electrons. The van der Waals surface area contributed by atoms with Gasteiger partial charge in [0.05, 0.1) is 6.54 Å². The average Bonchev–Trinajstić information content (AvgIpc) is 2.54. The predicted octanol–water partition coefficient (Wildman–Crippen LogP) is 1.47. The molecule has 1 heterocycles. The Balaban J connectivity index is 1.83. The van der Waals surface area contributed by atoms with Crippen LogP contribution in [0.4, 0.5) is 0 Å². The lowest BCUT2D eigenvalue weighted by Crippen LogP contribution is -2.37. The number of carbonyl (C=O) groups is 2. The summed E-state index contributed by atoms with van der Waals surface area (Å²) in [6.07, 6.45) is 3.37. The first-order valence-electron chi connectivity index (χ1n) is 6.63. The van der Waals surface area contributed by atoms with Crippen molar-refractivity contribution in [3.8, 4) is 0 Å². The third-order valence-electron chi connectivity index (χ3n) is 3.03. The molecule has 2 amide bonds. The highest BCUT2D eigenvalue weighted by molar-refractivity contribution is 5.96.